The van der Waals surface area contributed by atoms with Crippen LogP contribution in [-0.2, 0) is 4.74 Å². The predicted octanol–water partition coefficient (Wildman–Crippen LogP) is 4.73. The van der Waals surface area contributed by atoms with Crippen molar-refractivity contribution in [2.75, 3.05) is 10.6 Å². The SMILES string of the molecule is CC1CCCCC1NC(=O)Nc1ccc(NC(=O)OC(C)(C)C)cc1. The van der Waals surface area contributed by atoms with E-state index in [0.29, 0.717) is 17.3 Å². The summed E-state index contributed by atoms with van der Waals surface area (Å²) in [5, 5.41) is 8.55. The van der Waals surface area contributed by atoms with Crippen LogP contribution >= 0.6 is 0 Å². The molecular formula is C19H29N3O3. The van der Waals surface area contributed by atoms with E-state index in [0.717, 1.165) is 12.8 Å². The van der Waals surface area contributed by atoms with Gasteiger partial charge in [-0.15, -0.1) is 0 Å². The lowest BCUT2D eigenvalue weighted by atomic mass is 9.86. The van der Waals surface area contributed by atoms with Crippen LogP contribution in [0.5, 0.6) is 0 Å². The molecule has 1 aliphatic carbocycles. The molecule has 6 heteroatoms. The van der Waals surface area contributed by atoms with Gasteiger partial charge in [0.25, 0.3) is 0 Å². The predicted molar refractivity (Wildman–Crippen MR) is 99.9 cm³/mol. The Kier molecular flexibility index (Phi) is 6.28. The van der Waals surface area contributed by atoms with E-state index in [2.05, 4.69) is 22.9 Å². The van der Waals surface area contributed by atoms with Crippen LogP contribution in [0.2, 0.25) is 0 Å². The quantitative estimate of drug-likeness (QED) is 0.739. The number of ether oxygens (including phenoxy) is 1. The van der Waals surface area contributed by atoms with E-state index in [4.69, 9.17) is 4.74 Å². The topological polar surface area (TPSA) is 79.5 Å². The molecule has 0 saturated heterocycles. The van der Waals surface area contributed by atoms with Gasteiger partial charge in [0.15, 0.2) is 0 Å². The molecule has 2 rings (SSSR count). The summed E-state index contributed by atoms with van der Waals surface area (Å²) < 4.78 is 5.20. The lowest BCUT2D eigenvalue weighted by molar-refractivity contribution is 0.0636. The van der Waals surface area contributed by atoms with Crippen molar-refractivity contribution in [1.82, 2.24) is 5.32 Å². The minimum atomic E-state index is -0.542. The second kappa shape index (κ2) is 8.23. The van der Waals surface area contributed by atoms with Crippen molar-refractivity contribution in [1.29, 1.82) is 0 Å². The first-order chi connectivity index (χ1) is 11.7. The van der Waals surface area contributed by atoms with Crippen LogP contribution in [0.3, 0.4) is 0 Å². The number of carbonyl (C=O) groups is 2. The van der Waals surface area contributed by atoms with Crippen LogP contribution in [0.1, 0.15) is 53.4 Å². The lowest BCUT2D eigenvalue weighted by Gasteiger charge is -2.29. The molecule has 6 nitrogen and oxygen atoms in total. The number of benzene rings is 1. The molecule has 1 aromatic rings. The van der Waals surface area contributed by atoms with Gasteiger partial charge in [-0.25, -0.2) is 9.59 Å². The molecule has 0 bridgehead atoms. The molecular weight excluding hydrogens is 318 g/mol. The molecule has 0 heterocycles. The Morgan fingerprint density at radius 1 is 1.00 bits per heavy atom. The van der Waals surface area contributed by atoms with Gasteiger partial charge in [0.1, 0.15) is 5.60 Å². The zero-order chi connectivity index (χ0) is 18.4. The maximum atomic E-state index is 12.1. The number of amides is 3. The van der Waals surface area contributed by atoms with Crippen molar-refractivity contribution in [2.45, 2.75) is 65.0 Å². The summed E-state index contributed by atoms with van der Waals surface area (Å²) >= 11 is 0. The average Bonchev–Trinajstić information content (AvgIpc) is 2.49. The van der Waals surface area contributed by atoms with Gasteiger partial charge in [-0.05, 0) is 63.8 Å². The van der Waals surface area contributed by atoms with Gasteiger partial charge in [-0.3, -0.25) is 5.32 Å². The number of carbonyl (C=O) groups excluding carboxylic acids is 2. The molecule has 2 atom stereocenters. The Morgan fingerprint density at radius 3 is 2.12 bits per heavy atom. The fourth-order valence-electron chi connectivity index (χ4n) is 2.92. The molecule has 0 aliphatic heterocycles. The molecule has 1 aliphatic rings. The summed E-state index contributed by atoms with van der Waals surface area (Å²) in [6.45, 7) is 7.61. The molecule has 1 fully saturated rings. The molecule has 1 saturated carbocycles. The Balaban J connectivity index is 1.83. The molecule has 2 unspecified atom stereocenters. The van der Waals surface area contributed by atoms with Crippen molar-refractivity contribution in [3.05, 3.63) is 24.3 Å². The summed E-state index contributed by atoms with van der Waals surface area (Å²) in [4.78, 5) is 23.9. The maximum Gasteiger partial charge on any atom is 0.412 e. The van der Waals surface area contributed by atoms with Crippen LogP contribution in [-0.4, -0.2) is 23.8 Å². The fraction of sp³-hybridized carbons (Fsp3) is 0.579. The molecule has 3 N–H and O–H groups in total. The number of nitrogens with one attached hydrogen (secondary N) is 3. The summed E-state index contributed by atoms with van der Waals surface area (Å²) in [6, 6.07) is 6.99. The molecule has 1 aromatic carbocycles. The number of anilines is 2. The van der Waals surface area contributed by atoms with Crippen molar-refractivity contribution in [2.24, 2.45) is 5.92 Å². The Labute approximate surface area is 149 Å². The third kappa shape index (κ3) is 6.64. The number of hydrogen-bond donors (Lipinski definition) is 3. The lowest BCUT2D eigenvalue weighted by Crippen LogP contribution is -2.43. The first kappa shape index (κ1) is 19.1. The highest BCUT2D eigenvalue weighted by atomic mass is 16.6. The molecule has 0 spiro atoms. The highest BCUT2D eigenvalue weighted by Crippen LogP contribution is 2.24. The molecule has 3 amide bonds. The van der Waals surface area contributed by atoms with Crippen LogP contribution in [0.25, 0.3) is 0 Å². The van der Waals surface area contributed by atoms with Crippen LogP contribution in [0.4, 0.5) is 21.0 Å². The van der Waals surface area contributed by atoms with Gasteiger partial charge in [0.2, 0.25) is 0 Å². The van der Waals surface area contributed by atoms with Gasteiger partial charge in [-0.1, -0.05) is 19.8 Å². The van der Waals surface area contributed by atoms with E-state index >= 15 is 0 Å². The largest absolute Gasteiger partial charge is 0.444 e. The normalized spacial score (nSPS) is 20.5. The number of urea groups is 1. The van der Waals surface area contributed by atoms with Crippen molar-refractivity contribution >= 4 is 23.5 Å². The van der Waals surface area contributed by atoms with E-state index < -0.39 is 11.7 Å². The smallest absolute Gasteiger partial charge is 0.412 e. The van der Waals surface area contributed by atoms with E-state index in [-0.39, 0.29) is 12.1 Å². The van der Waals surface area contributed by atoms with E-state index in [1.807, 2.05) is 20.8 Å². The first-order valence-electron chi connectivity index (χ1n) is 8.90. The molecule has 138 valence electrons. The fourth-order valence-corrected chi connectivity index (χ4v) is 2.92. The van der Waals surface area contributed by atoms with E-state index in [1.54, 1.807) is 24.3 Å². The van der Waals surface area contributed by atoms with Gasteiger partial charge in [0, 0.05) is 17.4 Å². The second-order valence-corrected chi connectivity index (χ2v) is 7.67. The molecule has 0 aromatic heterocycles. The van der Waals surface area contributed by atoms with E-state index in [9.17, 15) is 9.59 Å². The highest BCUT2D eigenvalue weighted by Gasteiger charge is 2.22. The molecule has 25 heavy (non-hydrogen) atoms. The summed E-state index contributed by atoms with van der Waals surface area (Å²) in [5.74, 6) is 0.514. The first-order valence-corrected chi connectivity index (χ1v) is 8.90. The Bertz CT molecular complexity index is 593. The number of hydrogen-bond acceptors (Lipinski definition) is 3. The molecule has 0 radical (unpaired) electrons. The second-order valence-electron chi connectivity index (χ2n) is 7.67. The van der Waals surface area contributed by atoms with Crippen LogP contribution in [0.15, 0.2) is 24.3 Å². The van der Waals surface area contributed by atoms with Crippen LogP contribution < -0.4 is 16.0 Å². The third-order valence-electron chi connectivity index (χ3n) is 4.22. The van der Waals surface area contributed by atoms with Crippen LogP contribution in [0, 0.1) is 5.92 Å². The number of rotatable bonds is 3. The Hall–Kier alpha value is -2.24. The Morgan fingerprint density at radius 2 is 1.56 bits per heavy atom. The van der Waals surface area contributed by atoms with Crippen molar-refractivity contribution in [3.8, 4) is 0 Å². The van der Waals surface area contributed by atoms with E-state index in [1.165, 1.54) is 12.8 Å². The maximum absolute atomic E-state index is 12.1. The third-order valence-corrected chi connectivity index (χ3v) is 4.22. The van der Waals surface area contributed by atoms with Crippen molar-refractivity contribution < 1.29 is 14.3 Å². The van der Waals surface area contributed by atoms with Gasteiger partial charge < -0.3 is 15.4 Å². The minimum Gasteiger partial charge on any atom is -0.444 e. The monoisotopic (exact) mass is 347 g/mol. The summed E-state index contributed by atoms with van der Waals surface area (Å²) in [5.41, 5.74) is 0.747. The van der Waals surface area contributed by atoms with Gasteiger partial charge in [0.05, 0.1) is 0 Å². The van der Waals surface area contributed by atoms with Gasteiger partial charge >= 0.3 is 12.1 Å². The van der Waals surface area contributed by atoms with Gasteiger partial charge in [-0.2, -0.15) is 0 Å². The highest BCUT2D eigenvalue weighted by molar-refractivity contribution is 5.90. The zero-order valence-electron chi connectivity index (χ0n) is 15.5. The van der Waals surface area contributed by atoms with Crippen molar-refractivity contribution in [3.63, 3.8) is 0 Å². The summed E-state index contributed by atoms with van der Waals surface area (Å²) in [7, 11) is 0. The standard InChI is InChI=1S/C19H29N3O3/c1-13-7-5-6-8-16(13)22-17(23)20-14-9-11-15(12-10-14)21-18(24)25-19(2,3)4/h9-13,16H,5-8H2,1-4H3,(H,21,24)(H2,20,22,23). The summed E-state index contributed by atoms with van der Waals surface area (Å²) in [6.07, 6.45) is 4.11. The zero-order valence-corrected chi connectivity index (χ0v) is 15.5. The average molecular weight is 347 g/mol. The minimum absolute atomic E-state index is 0.188.